The first-order chi connectivity index (χ1) is 16.9. The number of nitrogens with two attached hydrogens (primary N) is 1. The molecule has 196 valence electrons. The number of anilines is 1. The molecule has 1 aromatic carbocycles. The molecule has 1 aliphatic rings. The lowest BCUT2D eigenvalue weighted by molar-refractivity contribution is -0.117. The van der Waals surface area contributed by atoms with Crippen molar-refractivity contribution in [3.63, 3.8) is 0 Å². The van der Waals surface area contributed by atoms with E-state index >= 15 is 0 Å². The monoisotopic (exact) mass is 500 g/mol. The number of nitrogens with zero attached hydrogens (tertiary/aromatic N) is 1. The fraction of sp³-hybridized carbons (Fsp3) is 0.448. The molecule has 5 nitrogen and oxygen atoms in total. The zero-order valence-electron chi connectivity index (χ0n) is 23.2. The zero-order valence-corrected chi connectivity index (χ0v) is 24.2. The number of fused-ring (bicyclic) bond motifs is 1. The molecule has 0 saturated carbocycles. The lowest BCUT2D eigenvalue weighted by Crippen LogP contribution is -2.40. The molecule has 0 radical (unpaired) electrons. The summed E-state index contributed by atoms with van der Waals surface area (Å²) in [5.41, 5.74) is 10.3. The molecule has 0 fully saturated rings. The SMILES string of the molecule is C=C/C(N)=C\C=C/C.CC.CC.CNCCP/C=C(\C=N)c1ccc2c(c1)CC[C@H](C)N2C(C)=O. The number of nitrogens with one attached hydrogen (secondary N) is 2. The van der Waals surface area contributed by atoms with E-state index in [0.29, 0.717) is 14.3 Å². The van der Waals surface area contributed by atoms with Crippen LogP contribution in [-0.2, 0) is 11.2 Å². The zero-order chi connectivity index (χ0) is 27.2. The van der Waals surface area contributed by atoms with Crippen molar-refractivity contribution >= 4 is 32.0 Å². The highest BCUT2D eigenvalue weighted by molar-refractivity contribution is 7.42. The summed E-state index contributed by atoms with van der Waals surface area (Å²) >= 11 is 0. The summed E-state index contributed by atoms with van der Waals surface area (Å²) in [5, 5.41) is 10.8. The maximum Gasteiger partial charge on any atom is 0.224 e. The summed E-state index contributed by atoms with van der Waals surface area (Å²) in [7, 11) is 2.66. The van der Waals surface area contributed by atoms with Crippen molar-refractivity contribution < 1.29 is 4.79 Å². The lowest BCUT2D eigenvalue weighted by Gasteiger charge is -2.34. The van der Waals surface area contributed by atoms with Gasteiger partial charge in [0.25, 0.3) is 0 Å². The molecule has 2 rings (SSSR count). The van der Waals surface area contributed by atoms with E-state index in [4.69, 9.17) is 11.1 Å². The van der Waals surface area contributed by atoms with E-state index in [1.165, 1.54) is 11.8 Å². The van der Waals surface area contributed by atoms with E-state index < -0.39 is 0 Å². The summed E-state index contributed by atoms with van der Waals surface area (Å²) in [6.07, 6.45) is 11.7. The Labute approximate surface area is 216 Å². The van der Waals surface area contributed by atoms with Gasteiger partial charge in [-0.3, -0.25) is 4.79 Å². The molecule has 0 saturated heterocycles. The van der Waals surface area contributed by atoms with Crippen molar-refractivity contribution in [3.8, 4) is 0 Å². The van der Waals surface area contributed by atoms with Gasteiger partial charge in [-0.15, -0.1) is 0 Å². The van der Waals surface area contributed by atoms with Crippen molar-refractivity contribution in [1.82, 2.24) is 5.32 Å². The fourth-order valence-corrected chi connectivity index (χ4v) is 4.28. The fourth-order valence-electron chi connectivity index (χ4n) is 3.27. The molecule has 1 unspecified atom stereocenters. The van der Waals surface area contributed by atoms with Crippen molar-refractivity contribution in [2.75, 3.05) is 24.7 Å². The summed E-state index contributed by atoms with van der Waals surface area (Å²) < 4.78 is 0. The maximum absolute atomic E-state index is 11.9. The van der Waals surface area contributed by atoms with Gasteiger partial charge in [0.05, 0.1) is 0 Å². The minimum atomic E-state index is 0.0996. The van der Waals surface area contributed by atoms with Crippen LogP contribution in [0, 0.1) is 5.41 Å². The largest absolute Gasteiger partial charge is 0.399 e. The number of hydrogen-bond donors (Lipinski definition) is 3. The highest BCUT2D eigenvalue weighted by atomic mass is 31.1. The number of benzene rings is 1. The van der Waals surface area contributed by atoms with E-state index in [0.717, 1.165) is 42.4 Å². The molecular formula is C29H49N4OP. The first kappa shape index (κ1) is 34.7. The van der Waals surface area contributed by atoms with E-state index in [9.17, 15) is 4.79 Å². The van der Waals surface area contributed by atoms with Crippen molar-refractivity contribution in [1.29, 1.82) is 5.41 Å². The molecule has 2 atom stereocenters. The van der Waals surface area contributed by atoms with Gasteiger partial charge in [-0.25, -0.2) is 0 Å². The van der Waals surface area contributed by atoms with Crippen LogP contribution < -0.4 is 16.0 Å². The normalized spacial score (nSPS) is 15.2. The molecule has 1 amide bonds. The second-order valence-electron chi connectivity index (χ2n) is 7.32. The Bertz CT molecular complexity index is 843. The van der Waals surface area contributed by atoms with Crippen LogP contribution in [0.15, 0.2) is 60.6 Å². The molecule has 0 spiro atoms. The van der Waals surface area contributed by atoms with Crippen molar-refractivity contribution in [3.05, 3.63) is 71.7 Å². The Balaban J connectivity index is 0. The van der Waals surface area contributed by atoms with Gasteiger partial charge < -0.3 is 21.4 Å². The highest BCUT2D eigenvalue weighted by Gasteiger charge is 2.26. The van der Waals surface area contributed by atoms with E-state index in [2.05, 4.69) is 30.7 Å². The molecule has 0 bridgehead atoms. The van der Waals surface area contributed by atoms with Crippen LogP contribution in [0.1, 0.15) is 66.0 Å². The van der Waals surface area contributed by atoms with Crippen LogP contribution in [0.25, 0.3) is 5.57 Å². The number of aryl methyl sites for hydroxylation is 1. The molecule has 1 aromatic rings. The van der Waals surface area contributed by atoms with Crippen molar-refractivity contribution in [2.45, 2.75) is 67.3 Å². The Morgan fingerprint density at radius 1 is 1.31 bits per heavy atom. The topological polar surface area (TPSA) is 82.2 Å². The molecule has 1 aliphatic heterocycles. The maximum atomic E-state index is 11.9. The second kappa shape index (κ2) is 22.0. The third kappa shape index (κ3) is 13.2. The van der Waals surface area contributed by atoms with E-state index in [1.54, 1.807) is 19.1 Å². The highest BCUT2D eigenvalue weighted by Crippen LogP contribution is 2.33. The van der Waals surface area contributed by atoms with Gasteiger partial charge in [0.15, 0.2) is 0 Å². The summed E-state index contributed by atoms with van der Waals surface area (Å²) in [5.74, 6) is 2.25. The summed E-state index contributed by atoms with van der Waals surface area (Å²) in [6, 6.07) is 6.48. The predicted octanol–water partition coefficient (Wildman–Crippen LogP) is 6.91. The van der Waals surface area contributed by atoms with Crippen molar-refractivity contribution in [2.24, 2.45) is 5.73 Å². The summed E-state index contributed by atoms with van der Waals surface area (Å²) in [4.78, 5) is 13.8. The number of rotatable bonds is 8. The van der Waals surface area contributed by atoms with Crippen LogP contribution in [-0.4, -0.2) is 37.9 Å². The van der Waals surface area contributed by atoms with Gasteiger partial charge in [-0.1, -0.05) is 66.9 Å². The lowest BCUT2D eigenvalue weighted by atomic mass is 9.93. The molecule has 6 heteroatoms. The van der Waals surface area contributed by atoms with E-state index in [1.807, 2.05) is 70.9 Å². The Morgan fingerprint density at radius 2 is 1.97 bits per heavy atom. The van der Waals surface area contributed by atoms with Gasteiger partial charge in [0, 0.05) is 30.6 Å². The Hall–Kier alpha value is -2.49. The third-order valence-corrected chi connectivity index (χ3v) is 5.99. The first-order valence-corrected chi connectivity index (χ1v) is 13.9. The molecular weight excluding hydrogens is 451 g/mol. The molecule has 0 aliphatic carbocycles. The Kier molecular flexibility index (Phi) is 21.8. The number of amides is 1. The van der Waals surface area contributed by atoms with Gasteiger partial charge in [-0.2, -0.15) is 0 Å². The van der Waals surface area contributed by atoms with Gasteiger partial charge in [0.2, 0.25) is 5.91 Å². The number of hydrogen-bond acceptors (Lipinski definition) is 4. The third-order valence-electron chi connectivity index (χ3n) is 4.93. The average molecular weight is 501 g/mol. The van der Waals surface area contributed by atoms with E-state index in [-0.39, 0.29) is 11.9 Å². The van der Waals surface area contributed by atoms with Crippen LogP contribution in [0.5, 0.6) is 0 Å². The quantitative estimate of drug-likeness (QED) is 0.157. The number of carbonyl (C=O) groups is 1. The smallest absolute Gasteiger partial charge is 0.224 e. The van der Waals surface area contributed by atoms with Crippen LogP contribution in [0.4, 0.5) is 5.69 Å². The minimum absolute atomic E-state index is 0.0996. The van der Waals surface area contributed by atoms with Gasteiger partial charge in [0.1, 0.15) is 0 Å². The first-order valence-electron chi connectivity index (χ1n) is 12.6. The van der Waals surface area contributed by atoms with Crippen LogP contribution in [0.2, 0.25) is 0 Å². The minimum Gasteiger partial charge on any atom is -0.399 e. The number of carbonyl (C=O) groups excluding carboxylic acids is 1. The van der Waals surface area contributed by atoms with Gasteiger partial charge >= 0.3 is 0 Å². The Morgan fingerprint density at radius 3 is 2.49 bits per heavy atom. The molecule has 1 heterocycles. The summed E-state index contributed by atoms with van der Waals surface area (Å²) in [6.45, 7) is 18.2. The average Bonchev–Trinajstić information content (AvgIpc) is 2.89. The van der Waals surface area contributed by atoms with Crippen LogP contribution in [0.3, 0.4) is 0 Å². The number of allylic oxidation sites excluding steroid dienone is 5. The van der Waals surface area contributed by atoms with Crippen LogP contribution >= 0.6 is 8.58 Å². The molecule has 35 heavy (non-hydrogen) atoms. The predicted molar refractivity (Wildman–Crippen MR) is 161 cm³/mol. The standard InChI is InChI=1S/C18H26N3OP.C7H11N.2C2H6/c1-13-4-5-16-10-15(6-7-18(16)21(13)14(2)22)17(11-19)12-23-9-8-20-3;1-3-5-6-7(8)4-2;2*1-2/h6-7,10-13,19-20,23H,4-5,8-9H2,1-3H3;3-6H,2,8H2,1H3;2*1-2H3/b17-12+,19-11?;5-3-,7-6+;;/t13-;;;/m0.../s1. The molecule has 4 N–H and O–H groups in total. The molecule has 0 aromatic heterocycles. The second-order valence-corrected chi connectivity index (χ2v) is 8.52. The van der Waals surface area contributed by atoms with Gasteiger partial charge in [-0.05, 0) is 87.4 Å².